The molecule has 2 heterocycles. The Morgan fingerprint density at radius 3 is 2.42 bits per heavy atom. The van der Waals surface area contributed by atoms with E-state index in [4.69, 9.17) is 4.42 Å². The zero-order chi connectivity index (χ0) is 14.3. The molecule has 0 radical (unpaired) electrons. The van der Waals surface area contributed by atoms with Crippen LogP contribution in [-0.2, 0) is 22.6 Å². The maximum absolute atomic E-state index is 12.7. The van der Waals surface area contributed by atoms with Crippen molar-refractivity contribution in [2.45, 2.75) is 19.6 Å². The lowest BCUT2D eigenvalue weighted by Crippen LogP contribution is -3.13. The van der Waals surface area contributed by atoms with Crippen molar-refractivity contribution in [3.8, 4) is 0 Å². The van der Waals surface area contributed by atoms with Gasteiger partial charge in [0.2, 0.25) is 5.76 Å². The first kappa shape index (κ1) is 14.4. The van der Waals surface area contributed by atoms with Gasteiger partial charge in [-0.25, -0.2) is 8.42 Å². The summed E-state index contributed by atoms with van der Waals surface area (Å²) in [6.45, 7) is 2.28. The summed E-state index contributed by atoms with van der Waals surface area (Å²) in [6, 6.07) is 1.37. The minimum atomic E-state index is -4.51. The standard InChI is InChI=1S/C11H14F3NO3S/c1-8-6-9(10(18-8)11(12,13)14)7-15-2-4-19(16,17)5-3-15/h6H,2-5,7H2,1H3/p+1. The van der Waals surface area contributed by atoms with Crippen LogP contribution in [0.4, 0.5) is 13.2 Å². The number of rotatable bonds is 2. The van der Waals surface area contributed by atoms with Crippen LogP contribution in [-0.4, -0.2) is 33.0 Å². The minimum Gasteiger partial charge on any atom is -0.456 e. The van der Waals surface area contributed by atoms with E-state index in [1.165, 1.54) is 13.0 Å². The molecule has 108 valence electrons. The zero-order valence-electron chi connectivity index (χ0n) is 10.4. The van der Waals surface area contributed by atoms with Crippen molar-refractivity contribution in [3.05, 3.63) is 23.2 Å². The smallest absolute Gasteiger partial charge is 0.450 e. The van der Waals surface area contributed by atoms with Gasteiger partial charge in [-0.2, -0.15) is 13.2 Å². The molecule has 0 aromatic carbocycles. The van der Waals surface area contributed by atoms with Crippen molar-refractivity contribution in [1.29, 1.82) is 0 Å². The molecule has 1 aromatic heterocycles. The first-order valence-electron chi connectivity index (χ1n) is 5.88. The highest BCUT2D eigenvalue weighted by Crippen LogP contribution is 2.33. The number of hydrogen-bond acceptors (Lipinski definition) is 3. The van der Waals surface area contributed by atoms with Gasteiger partial charge in [-0.15, -0.1) is 0 Å². The molecule has 0 unspecified atom stereocenters. The monoisotopic (exact) mass is 298 g/mol. The van der Waals surface area contributed by atoms with Gasteiger partial charge in [0.1, 0.15) is 12.3 Å². The molecular formula is C11H15F3NO3S+. The number of aryl methyl sites for hydroxylation is 1. The molecule has 0 saturated carbocycles. The van der Waals surface area contributed by atoms with Gasteiger partial charge in [-0.1, -0.05) is 0 Å². The van der Waals surface area contributed by atoms with Crippen LogP contribution in [0.5, 0.6) is 0 Å². The third-order valence-corrected chi connectivity index (χ3v) is 4.82. The lowest BCUT2D eigenvalue weighted by molar-refractivity contribution is -0.910. The van der Waals surface area contributed by atoms with E-state index in [2.05, 4.69) is 0 Å². The quantitative estimate of drug-likeness (QED) is 0.861. The van der Waals surface area contributed by atoms with Crippen LogP contribution in [0.1, 0.15) is 17.1 Å². The highest BCUT2D eigenvalue weighted by Gasteiger charge is 2.39. The van der Waals surface area contributed by atoms with E-state index in [9.17, 15) is 21.6 Å². The predicted molar refractivity (Wildman–Crippen MR) is 61.5 cm³/mol. The van der Waals surface area contributed by atoms with Gasteiger partial charge >= 0.3 is 6.18 Å². The molecule has 1 N–H and O–H groups in total. The van der Waals surface area contributed by atoms with Gasteiger partial charge in [-0.05, 0) is 13.0 Å². The maximum atomic E-state index is 12.7. The Hall–Kier alpha value is -1.02. The SMILES string of the molecule is Cc1cc(C[NH+]2CCS(=O)(=O)CC2)c(C(F)(F)F)o1. The molecule has 0 spiro atoms. The molecule has 1 aromatic rings. The Kier molecular flexibility index (Phi) is 3.65. The number of hydrogen-bond donors (Lipinski definition) is 1. The molecule has 1 aliphatic rings. The summed E-state index contributed by atoms with van der Waals surface area (Å²) in [5.74, 6) is -0.696. The van der Waals surface area contributed by atoms with Gasteiger partial charge in [0.05, 0.1) is 30.2 Å². The van der Waals surface area contributed by atoms with Crippen LogP contribution in [0.15, 0.2) is 10.5 Å². The molecule has 8 heteroatoms. The van der Waals surface area contributed by atoms with Gasteiger partial charge in [-0.3, -0.25) is 0 Å². The molecule has 0 aliphatic carbocycles. The molecule has 0 amide bonds. The predicted octanol–water partition coefficient (Wildman–Crippen LogP) is 0.420. The number of furan rings is 1. The van der Waals surface area contributed by atoms with Crippen molar-refractivity contribution >= 4 is 9.84 Å². The van der Waals surface area contributed by atoms with Crippen LogP contribution < -0.4 is 4.90 Å². The van der Waals surface area contributed by atoms with E-state index < -0.39 is 21.8 Å². The second-order valence-corrected chi connectivity index (χ2v) is 7.09. The molecule has 1 aliphatic heterocycles. The molecule has 4 nitrogen and oxygen atoms in total. The second-order valence-electron chi connectivity index (χ2n) is 4.79. The Bertz CT molecular complexity index is 548. The second kappa shape index (κ2) is 4.82. The van der Waals surface area contributed by atoms with Crippen molar-refractivity contribution in [1.82, 2.24) is 0 Å². The molecule has 19 heavy (non-hydrogen) atoms. The summed E-state index contributed by atoms with van der Waals surface area (Å²) in [5, 5.41) is 0. The number of quaternary nitrogens is 1. The molecular weight excluding hydrogens is 283 g/mol. The Labute approximate surface area is 109 Å². The van der Waals surface area contributed by atoms with E-state index in [1.807, 2.05) is 0 Å². The molecule has 0 atom stereocenters. The summed E-state index contributed by atoms with van der Waals surface area (Å²) in [6.07, 6.45) is -4.51. The average molecular weight is 298 g/mol. The topological polar surface area (TPSA) is 51.7 Å². The number of alkyl halides is 3. The third kappa shape index (κ3) is 3.50. The van der Waals surface area contributed by atoms with Gasteiger partial charge < -0.3 is 9.32 Å². The van der Waals surface area contributed by atoms with Crippen LogP contribution in [0.2, 0.25) is 0 Å². The van der Waals surface area contributed by atoms with Gasteiger partial charge in [0.25, 0.3) is 0 Å². The first-order valence-corrected chi connectivity index (χ1v) is 7.70. The van der Waals surface area contributed by atoms with Crippen LogP contribution >= 0.6 is 0 Å². The van der Waals surface area contributed by atoms with Crippen LogP contribution in [0.25, 0.3) is 0 Å². The molecule has 2 rings (SSSR count). The van der Waals surface area contributed by atoms with Crippen LogP contribution in [0, 0.1) is 6.92 Å². The molecule has 1 saturated heterocycles. The van der Waals surface area contributed by atoms with Gasteiger partial charge in [0, 0.05) is 0 Å². The highest BCUT2D eigenvalue weighted by molar-refractivity contribution is 7.91. The van der Waals surface area contributed by atoms with Crippen molar-refractivity contribution < 1.29 is 30.9 Å². The fourth-order valence-corrected chi connectivity index (χ4v) is 3.61. The summed E-state index contributed by atoms with van der Waals surface area (Å²) in [5.41, 5.74) is 0.0966. The van der Waals surface area contributed by atoms with E-state index in [0.29, 0.717) is 13.1 Å². The number of sulfone groups is 1. The van der Waals surface area contributed by atoms with E-state index >= 15 is 0 Å². The normalized spacial score (nSPS) is 20.6. The summed E-state index contributed by atoms with van der Waals surface area (Å²) in [4.78, 5) is 0.834. The maximum Gasteiger partial charge on any atom is 0.450 e. The average Bonchev–Trinajstić information content (AvgIpc) is 2.62. The van der Waals surface area contributed by atoms with Crippen molar-refractivity contribution in [3.63, 3.8) is 0 Å². The largest absolute Gasteiger partial charge is 0.456 e. The fraction of sp³-hybridized carbons (Fsp3) is 0.636. The lowest BCUT2D eigenvalue weighted by Gasteiger charge is -2.23. The number of nitrogens with one attached hydrogen (secondary N) is 1. The molecule has 0 bridgehead atoms. The Balaban J connectivity index is 2.12. The number of halogens is 3. The van der Waals surface area contributed by atoms with E-state index in [1.54, 1.807) is 0 Å². The van der Waals surface area contributed by atoms with Crippen molar-refractivity contribution in [2.24, 2.45) is 0 Å². The fourth-order valence-electron chi connectivity index (χ4n) is 2.21. The Morgan fingerprint density at radius 1 is 1.32 bits per heavy atom. The summed E-state index contributed by atoms with van der Waals surface area (Å²) >= 11 is 0. The van der Waals surface area contributed by atoms with E-state index in [0.717, 1.165) is 4.90 Å². The van der Waals surface area contributed by atoms with Crippen LogP contribution in [0.3, 0.4) is 0 Å². The summed E-state index contributed by atoms with van der Waals surface area (Å²) in [7, 11) is -3.01. The van der Waals surface area contributed by atoms with Gasteiger partial charge in [0.15, 0.2) is 9.84 Å². The highest BCUT2D eigenvalue weighted by atomic mass is 32.2. The third-order valence-electron chi connectivity index (χ3n) is 3.16. The molecule has 1 fully saturated rings. The minimum absolute atomic E-state index is 0.0283. The summed E-state index contributed by atoms with van der Waals surface area (Å²) < 4.78 is 65.5. The Morgan fingerprint density at radius 2 is 1.89 bits per heavy atom. The van der Waals surface area contributed by atoms with E-state index in [-0.39, 0.29) is 29.4 Å². The lowest BCUT2D eigenvalue weighted by atomic mass is 10.2. The first-order chi connectivity index (χ1) is 8.67. The van der Waals surface area contributed by atoms with Crippen molar-refractivity contribution in [2.75, 3.05) is 24.6 Å². The zero-order valence-corrected chi connectivity index (χ0v) is 11.2.